The highest BCUT2D eigenvalue weighted by Gasteiger charge is 2.20. The number of carbonyl (C=O) groups excluding carboxylic acids is 2. The monoisotopic (exact) mass is 545 g/mol. The number of rotatable bonds is 14. The van der Waals surface area contributed by atoms with Gasteiger partial charge < -0.3 is 14.6 Å². The van der Waals surface area contributed by atoms with Crippen LogP contribution in [0.25, 0.3) is 10.9 Å². The fourth-order valence-corrected chi connectivity index (χ4v) is 4.79. The summed E-state index contributed by atoms with van der Waals surface area (Å²) < 4.78 is 5.05. The highest BCUT2D eigenvalue weighted by molar-refractivity contribution is 6.42. The van der Waals surface area contributed by atoms with Crippen LogP contribution in [0.4, 0.5) is 0 Å². The van der Waals surface area contributed by atoms with Crippen LogP contribution < -0.4 is 0 Å². The van der Waals surface area contributed by atoms with E-state index >= 15 is 0 Å². The molecule has 37 heavy (non-hydrogen) atoms. The fraction of sp³-hybridized carbons (Fsp3) is 0.448. The van der Waals surface area contributed by atoms with Crippen molar-refractivity contribution >= 4 is 46.0 Å². The quantitative estimate of drug-likeness (QED) is 0.240. The normalized spacial score (nSPS) is 11.4. The molecule has 0 saturated carbocycles. The molecule has 3 aromatic rings. The van der Waals surface area contributed by atoms with Gasteiger partial charge in [-0.2, -0.15) is 0 Å². The molecule has 2 aromatic carbocycles. The minimum Gasteiger partial charge on any atom is -0.466 e. The van der Waals surface area contributed by atoms with E-state index in [9.17, 15) is 9.59 Å². The predicted octanol–water partition coefficient (Wildman–Crippen LogP) is 6.35. The second-order valence-electron chi connectivity index (χ2n) is 9.71. The summed E-state index contributed by atoms with van der Waals surface area (Å²) >= 11 is 12.4. The topological polar surface area (TPSA) is 65.6 Å². The average Bonchev–Trinajstić information content (AvgIpc) is 3.26. The van der Waals surface area contributed by atoms with E-state index < -0.39 is 0 Å². The molecule has 0 unspecified atom stereocenters. The zero-order chi connectivity index (χ0) is 26.8. The van der Waals surface area contributed by atoms with E-state index in [1.165, 1.54) is 10.9 Å². The number of aromatic amines is 1. The maximum Gasteiger partial charge on any atom is 0.305 e. The number of carbonyl (C=O) groups is 2. The van der Waals surface area contributed by atoms with Gasteiger partial charge in [0, 0.05) is 43.2 Å². The van der Waals surface area contributed by atoms with E-state index in [0.717, 1.165) is 24.0 Å². The lowest BCUT2D eigenvalue weighted by Crippen LogP contribution is -2.42. The van der Waals surface area contributed by atoms with Crippen LogP contribution in [0, 0.1) is 5.92 Å². The Labute approximate surface area is 229 Å². The van der Waals surface area contributed by atoms with Crippen molar-refractivity contribution in [2.45, 2.75) is 46.6 Å². The Morgan fingerprint density at radius 1 is 1.05 bits per heavy atom. The Hall–Kier alpha value is -2.54. The van der Waals surface area contributed by atoms with Gasteiger partial charge in [0.25, 0.3) is 0 Å². The molecule has 0 bridgehead atoms. The molecular formula is C29H37Cl2N3O3. The first-order chi connectivity index (χ1) is 17.8. The summed E-state index contributed by atoms with van der Waals surface area (Å²) in [6.45, 7) is 9.18. The van der Waals surface area contributed by atoms with Crippen LogP contribution in [0.5, 0.6) is 0 Å². The lowest BCUT2D eigenvalue weighted by atomic mass is 10.1. The molecule has 3 rings (SSSR count). The molecule has 0 saturated heterocycles. The van der Waals surface area contributed by atoms with Gasteiger partial charge in [-0.3, -0.25) is 14.5 Å². The number of aromatic nitrogens is 1. The van der Waals surface area contributed by atoms with Gasteiger partial charge in [0.15, 0.2) is 0 Å². The number of hydrogen-bond donors (Lipinski definition) is 1. The van der Waals surface area contributed by atoms with Crippen molar-refractivity contribution in [3.63, 3.8) is 0 Å². The van der Waals surface area contributed by atoms with Crippen LogP contribution in [0.1, 0.15) is 44.7 Å². The molecule has 0 fully saturated rings. The van der Waals surface area contributed by atoms with Crippen LogP contribution in [-0.2, 0) is 27.3 Å². The van der Waals surface area contributed by atoms with Gasteiger partial charge in [-0.15, -0.1) is 0 Å². The highest BCUT2D eigenvalue weighted by Crippen LogP contribution is 2.24. The number of halogens is 2. The van der Waals surface area contributed by atoms with E-state index in [4.69, 9.17) is 27.9 Å². The number of esters is 1. The second kappa shape index (κ2) is 14.4. The first-order valence-electron chi connectivity index (χ1n) is 12.9. The van der Waals surface area contributed by atoms with Crippen molar-refractivity contribution < 1.29 is 14.3 Å². The van der Waals surface area contributed by atoms with Gasteiger partial charge in [-0.25, -0.2) is 0 Å². The summed E-state index contributed by atoms with van der Waals surface area (Å²) in [6, 6.07) is 13.7. The Morgan fingerprint density at radius 2 is 1.84 bits per heavy atom. The van der Waals surface area contributed by atoms with Gasteiger partial charge >= 0.3 is 5.97 Å². The number of benzene rings is 2. The Morgan fingerprint density at radius 3 is 2.57 bits per heavy atom. The Kier molecular flexibility index (Phi) is 11.3. The predicted molar refractivity (Wildman–Crippen MR) is 151 cm³/mol. The van der Waals surface area contributed by atoms with Crippen molar-refractivity contribution in [3.8, 4) is 0 Å². The van der Waals surface area contributed by atoms with Gasteiger partial charge in [-0.1, -0.05) is 61.3 Å². The molecule has 0 aliphatic rings. The molecule has 6 nitrogen and oxygen atoms in total. The summed E-state index contributed by atoms with van der Waals surface area (Å²) in [5.74, 6) is 0.242. The van der Waals surface area contributed by atoms with Crippen LogP contribution in [0.3, 0.4) is 0 Å². The number of para-hydroxylation sites is 1. The molecular weight excluding hydrogens is 509 g/mol. The molecule has 0 atom stereocenters. The molecule has 0 radical (unpaired) electrons. The number of hydrogen-bond acceptors (Lipinski definition) is 4. The minimum atomic E-state index is -0.196. The summed E-state index contributed by atoms with van der Waals surface area (Å²) in [7, 11) is 0. The minimum absolute atomic E-state index is 0.0442. The van der Waals surface area contributed by atoms with Crippen molar-refractivity contribution in [2.75, 3.05) is 32.8 Å². The Bertz CT molecular complexity index is 1180. The molecule has 1 amide bonds. The van der Waals surface area contributed by atoms with Gasteiger partial charge in [0.1, 0.15) is 0 Å². The van der Waals surface area contributed by atoms with Crippen LogP contribution in [0.15, 0.2) is 48.7 Å². The molecule has 1 N–H and O–H groups in total. The third-order valence-electron chi connectivity index (χ3n) is 6.18. The number of ether oxygens (including phenoxy) is 1. The summed E-state index contributed by atoms with van der Waals surface area (Å²) in [5.41, 5.74) is 3.19. The van der Waals surface area contributed by atoms with E-state index in [-0.39, 0.29) is 18.4 Å². The fourth-order valence-electron chi connectivity index (χ4n) is 4.47. The molecule has 200 valence electrons. The van der Waals surface area contributed by atoms with E-state index in [1.54, 1.807) is 13.0 Å². The zero-order valence-corrected chi connectivity index (χ0v) is 23.4. The smallest absolute Gasteiger partial charge is 0.305 e. The molecule has 8 heteroatoms. The zero-order valence-electron chi connectivity index (χ0n) is 21.9. The van der Waals surface area contributed by atoms with E-state index in [2.05, 4.69) is 35.9 Å². The lowest BCUT2D eigenvalue weighted by molar-refractivity contribution is -0.143. The number of nitrogens with one attached hydrogen (secondary N) is 1. The standard InChI is InChI=1S/C29H37Cl2N3O3/c1-4-37-29(36)10-7-14-33(18-21(2)3)20-28(35)34(19-22-11-12-25(30)26(31)16-22)15-13-23-17-32-27-9-6-5-8-24(23)27/h5-6,8-9,11-12,16-17,21,32H,4,7,10,13-15,18-20H2,1-3H3. The van der Waals surface area contributed by atoms with E-state index in [0.29, 0.717) is 55.0 Å². The number of nitrogens with zero attached hydrogens (tertiary/aromatic N) is 2. The second-order valence-corrected chi connectivity index (χ2v) is 10.5. The number of amides is 1. The third kappa shape index (κ3) is 9.06. The first kappa shape index (κ1) is 29.0. The largest absolute Gasteiger partial charge is 0.466 e. The van der Waals surface area contributed by atoms with Crippen molar-refractivity contribution in [1.82, 2.24) is 14.8 Å². The van der Waals surface area contributed by atoms with Crippen molar-refractivity contribution in [2.24, 2.45) is 5.92 Å². The van der Waals surface area contributed by atoms with Gasteiger partial charge in [-0.05, 0) is 61.6 Å². The number of H-pyrrole nitrogens is 1. The third-order valence-corrected chi connectivity index (χ3v) is 6.92. The summed E-state index contributed by atoms with van der Waals surface area (Å²) in [5, 5.41) is 2.14. The summed E-state index contributed by atoms with van der Waals surface area (Å²) in [4.78, 5) is 32.8. The van der Waals surface area contributed by atoms with Gasteiger partial charge in [0.05, 0.1) is 23.2 Å². The summed E-state index contributed by atoms with van der Waals surface area (Å²) in [6.07, 6.45) is 3.75. The SMILES string of the molecule is CCOC(=O)CCCN(CC(=O)N(CCc1c[nH]c2ccccc12)Cc1ccc(Cl)c(Cl)c1)CC(C)C. The molecule has 0 aliphatic heterocycles. The molecule has 1 aromatic heterocycles. The van der Waals surface area contributed by atoms with Crippen LogP contribution in [0.2, 0.25) is 10.0 Å². The molecule has 0 aliphatic carbocycles. The first-order valence-corrected chi connectivity index (χ1v) is 13.7. The number of fused-ring (bicyclic) bond motifs is 1. The average molecular weight is 547 g/mol. The molecule has 1 heterocycles. The molecule has 0 spiro atoms. The van der Waals surface area contributed by atoms with Crippen LogP contribution >= 0.6 is 23.2 Å². The maximum absolute atomic E-state index is 13.6. The highest BCUT2D eigenvalue weighted by atomic mass is 35.5. The van der Waals surface area contributed by atoms with Crippen LogP contribution in [-0.4, -0.2) is 59.4 Å². The van der Waals surface area contributed by atoms with Crippen molar-refractivity contribution in [3.05, 3.63) is 69.8 Å². The maximum atomic E-state index is 13.6. The Balaban J connectivity index is 1.73. The lowest BCUT2D eigenvalue weighted by Gasteiger charge is -2.29. The van der Waals surface area contributed by atoms with E-state index in [1.807, 2.05) is 35.4 Å². The van der Waals surface area contributed by atoms with Crippen molar-refractivity contribution in [1.29, 1.82) is 0 Å². The van der Waals surface area contributed by atoms with Gasteiger partial charge in [0.2, 0.25) is 5.91 Å².